The minimum atomic E-state index is -0.465. The fourth-order valence-electron chi connectivity index (χ4n) is 2.06. The van der Waals surface area contributed by atoms with Gasteiger partial charge in [0, 0.05) is 5.56 Å². The van der Waals surface area contributed by atoms with Crippen molar-refractivity contribution in [3.63, 3.8) is 0 Å². The van der Waals surface area contributed by atoms with Gasteiger partial charge in [0.1, 0.15) is 4.88 Å². The van der Waals surface area contributed by atoms with Crippen LogP contribution in [-0.2, 0) is 9.53 Å². The van der Waals surface area contributed by atoms with Crippen LogP contribution >= 0.6 is 34.4 Å². The Kier molecular flexibility index (Phi) is 6.37. The molecule has 2 aromatic heterocycles. The number of thioether (sulfide) groups is 1. The number of nitrogens with two attached hydrogens (primary N) is 1. The summed E-state index contributed by atoms with van der Waals surface area (Å²) in [6, 6.07) is 9.27. The van der Waals surface area contributed by atoms with Gasteiger partial charge in [-0.25, -0.2) is 9.78 Å². The summed E-state index contributed by atoms with van der Waals surface area (Å²) in [7, 11) is 0. The van der Waals surface area contributed by atoms with Gasteiger partial charge in [0.25, 0.3) is 0 Å². The molecule has 8 nitrogen and oxygen atoms in total. The van der Waals surface area contributed by atoms with Crippen LogP contribution in [0.5, 0.6) is 0 Å². The molecule has 1 amide bonds. The summed E-state index contributed by atoms with van der Waals surface area (Å²) in [4.78, 5) is 29.2. The molecule has 3 aromatic rings. The summed E-state index contributed by atoms with van der Waals surface area (Å²) >= 11 is 3.53. The van der Waals surface area contributed by atoms with Crippen LogP contribution < -0.4 is 11.1 Å². The number of benzene rings is 1. The molecular weight excluding hydrogens is 406 g/mol. The average Bonchev–Trinajstić information content (AvgIpc) is 3.27. The molecule has 0 saturated carbocycles. The lowest BCUT2D eigenvalue weighted by Gasteiger charge is -2.01. The first-order chi connectivity index (χ1) is 13.1. The minimum Gasteiger partial charge on any atom is -0.462 e. The smallest absolute Gasteiger partial charge is 0.350 e. The first-order valence-electron chi connectivity index (χ1n) is 7.81. The number of aromatic nitrogens is 3. The summed E-state index contributed by atoms with van der Waals surface area (Å²) in [6.07, 6.45) is 0. The number of hydrogen-bond donors (Lipinski definition) is 2. The van der Waals surface area contributed by atoms with Gasteiger partial charge < -0.3 is 15.8 Å². The third-order valence-corrected chi connectivity index (χ3v) is 5.97. The van der Waals surface area contributed by atoms with Crippen molar-refractivity contribution in [2.75, 3.05) is 23.4 Å². The van der Waals surface area contributed by atoms with Crippen molar-refractivity contribution in [1.82, 2.24) is 15.2 Å². The third kappa shape index (κ3) is 5.02. The highest BCUT2D eigenvalue weighted by Gasteiger charge is 2.21. The van der Waals surface area contributed by atoms with Crippen molar-refractivity contribution in [2.24, 2.45) is 0 Å². The number of nitrogens with one attached hydrogen (secondary N) is 1. The van der Waals surface area contributed by atoms with E-state index in [0.717, 1.165) is 16.9 Å². The van der Waals surface area contributed by atoms with Gasteiger partial charge in [-0.1, -0.05) is 64.8 Å². The molecule has 3 rings (SSSR count). The number of thiazole rings is 1. The van der Waals surface area contributed by atoms with Gasteiger partial charge in [-0.3, -0.25) is 4.79 Å². The molecule has 1 aromatic carbocycles. The van der Waals surface area contributed by atoms with Crippen LogP contribution in [0.3, 0.4) is 0 Å². The van der Waals surface area contributed by atoms with Crippen LogP contribution in [0.2, 0.25) is 0 Å². The van der Waals surface area contributed by atoms with E-state index in [2.05, 4.69) is 20.5 Å². The van der Waals surface area contributed by atoms with Gasteiger partial charge in [-0.2, -0.15) is 0 Å². The Labute approximate surface area is 167 Å². The molecule has 3 N–H and O–H groups in total. The number of nitrogen functional groups attached to an aromatic ring is 1. The Morgan fingerprint density at radius 3 is 2.67 bits per heavy atom. The lowest BCUT2D eigenvalue weighted by Crippen LogP contribution is -2.13. The summed E-state index contributed by atoms with van der Waals surface area (Å²) in [5.41, 5.74) is 6.77. The van der Waals surface area contributed by atoms with E-state index in [-0.39, 0.29) is 18.3 Å². The molecule has 27 heavy (non-hydrogen) atoms. The van der Waals surface area contributed by atoms with Crippen LogP contribution in [0.15, 0.2) is 34.7 Å². The summed E-state index contributed by atoms with van der Waals surface area (Å²) in [5.74, 6) is -0.602. The molecule has 0 saturated heterocycles. The largest absolute Gasteiger partial charge is 0.462 e. The Balaban J connectivity index is 1.75. The second-order valence-corrected chi connectivity index (χ2v) is 8.26. The quantitative estimate of drug-likeness (QED) is 0.441. The zero-order chi connectivity index (χ0) is 19.2. The molecule has 0 radical (unpaired) electrons. The van der Waals surface area contributed by atoms with Gasteiger partial charge in [0.2, 0.25) is 11.0 Å². The third-order valence-electron chi connectivity index (χ3n) is 3.13. The minimum absolute atomic E-state index is 0.129. The number of anilines is 2. The van der Waals surface area contributed by atoms with Crippen LogP contribution in [0.1, 0.15) is 16.6 Å². The van der Waals surface area contributed by atoms with Gasteiger partial charge in [0.05, 0.1) is 18.1 Å². The number of nitrogens with zero attached hydrogens (tertiary/aromatic N) is 3. The van der Waals surface area contributed by atoms with Gasteiger partial charge in [0.15, 0.2) is 9.47 Å². The first kappa shape index (κ1) is 19.3. The van der Waals surface area contributed by atoms with Crippen molar-refractivity contribution in [3.05, 3.63) is 35.2 Å². The molecule has 2 heterocycles. The van der Waals surface area contributed by atoms with Crippen LogP contribution in [-0.4, -0.2) is 39.4 Å². The second kappa shape index (κ2) is 8.93. The molecule has 0 aliphatic heterocycles. The predicted octanol–water partition coefficient (Wildman–Crippen LogP) is 3.15. The molecule has 0 spiro atoms. The molecular formula is C16H15N5O3S3. The number of ether oxygens (including phenoxy) is 1. The fraction of sp³-hybridized carbons (Fsp3) is 0.188. The van der Waals surface area contributed by atoms with Crippen molar-refractivity contribution >= 4 is 56.6 Å². The highest BCUT2D eigenvalue weighted by atomic mass is 32.2. The highest BCUT2D eigenvalue weighted by molar-refractivity contribution is 8.01. The number of carbonyl (C=O) groups excluding carboxylic acids is 2. The molecule has 11 heteroatoms. The molecule has 0 aliphatic rings. The van der Waals surface area contributed by atoms with Gasteiger partial charge in [-0.05, 0) is 6.92 Å². The molecule has 0 unspecified atom stereocenters. The molecule has 0 atom stereocenters. The standard InChI is InChI=1S/C16H15N5O3S3/c1-2-24-13(23)12-11(9-6-4-3-5-7-9)19-15(26-12)18-10(22)8-25-16-21-20-14(17)27-16/h3-7H,2,8H2,1H3,(H2,17,20)(H,18,19,22). The van der Waals surface area contributed by atoms with Crippen LogP contribution in [0.25, 0.3) is 11.3 Å². The molecule has 140 valence electrons. The highest BCUT2D eigenvalue weighted by Crippen LogP contribution is 2.32. The van der Waals surface area contributed by atoms with E-state index in [1.54, 1.807) is 6.92 Å². The fourth-order valence-corrected chi connectivity index (χ4v) is 4.40. The van der Waals surface area contributed by atoms with Crippen LogP contribution in [0, 0.1) is 0 Å². The maximum absolute atomic E-state index is 12.3. The lowest BCUT2D eigenvalue weighted by atomic mass is 10.1. The second-order valence-electron chi connectivity index (χ2n) is 5.03. The van der Waals surface area contributed by atoms with Crippen molar-refractivity contribution in [1.29, 1.82) is 0 Å². The predicted molar refractivity (Wildman–Crippen MR) is 107 cm³/mol. The summed E-state index contributed by atoms with van der Waals surface area (Å²) in [5, 5.41) is 10.9. The topological polar surface area (TPSA) is 120 Å². The SMILES string of the molecule is CCOC(=O)c1sc(NC(=O)CSc2nnc(N)s2)nc1-c1ccccc1. The van der Waals surface area contributed by atoms with Gasteiger partial charge >= 0.3 is 5.97 Å². The number of hydrogen-bond acceptors (Lipinski definition) is 10. The molecule has 0 aliphatic carbocycles. The van der Waals surface area contributed by atoms with E-state index in [9.17, 15) is 9.59 Å². The Hall–Kier alpha value is -2.50. The normalized spacial score (nSPS) is 10.6. The number of rotatable bonds is 7. The maximum Gasteiger partial charge on any atom is 0.350 e. The van der Waals surface area contributed by atoms with Crippen LogP contribution in [0.4, 0.5) is 10.3 Å². The number of esters is 1. The average molecular weight is 422 g/mol. The van der Waals surface area contributed by atoms with E-state index < -0.39 is 5.97 Å². The maximum atomic E-state index is 12.3. The van der Waals surface area contributed by atoms with E-state index in [1.807, 2.05) is 30.3 Å². The number of carbonyl (C=O) groups is 2. The zero-order valence-electron chi connectivity index (χ0n) is 14.2. The van der Waals surface area contributed by atoms with E-state index in [1.165, 1.54) is 23.1 Å². The first-order valence-corrected chi connectivity index (χ1v) is 10.4. The summed E-state index contributed by atoms with van der Waals surface area (Å²) < 4.78 is 5.72. The van der Waals surface area contributed by atoms with E-state index in [4.69, 9.17) is 10.5 Å². The molecule has 0 fully saturated rings. The Morgan fingerprint density at radius 2 is 2.00 bits per heavy atom. The van der Waals surface area contributed by atoms with Crippen molar-refractivity contribution in [3.8, 4) is 11.3 Å². The molecule has 0 bridgehead atoms. The summed E-state index contributed by atoms with van der Waals surface area (Å²) in [6.45, 7) is 2.00. The monoisotopic (exact) mass is 421 g/mol. The lowest BCUT2D eigenvalue weighted by molar-refractivity contribution is -0.113. The number of amides is 1. The van der Waals surface area contributed by atoms with E-state index in [0.29, 0.717) is 25.2 Å². The van der Waals surface area contributed by atoms with Crippen molar-refractivity contribution < 1.29 is 14.3 Å². The Morgan fingerprint density at radius 1 is 1.22 bits per heavy atom. The van der Waals surface area contributed by atoms with Crippen molar-refractivity contribution in [2.45, 2.75) is 11.3 Å². The Bertz CT molecular complexity index is 942. The van der Waals surface area contributed by atoms with E-state index >= 15 is 0 Å². The zero-order valence-corrected chi connectivity index (χ0v) is 16.6. The van der Waals surface area contributed by atoms with Gasteiger partial charge in [-0.15, -0.1) is 10.2 Å².